The third kappa shape index (κ3) is 3.80. The van der Waals surface area contributed by atoms with E-state index in [1.54, 1.807) is 24.4 Å². The lowest BCUT2D eigenvalue weighted by Crippen LogP contribution is -1.79. The van der Waals surface area contributed by atoms with Crippen molar-refractivity contribution in [1.82, 2.24) is 4.98 Å². The minimum atomic E-state index is 0.108. The van der Waals surface area contributed by atoms with Gasteiger partial charge in [-0.3, -0.25) is 4.99 Å². The van der Waals surface area contributed by atoms with Crippen molar-refractivity contribution in [2.24, 2.45) is 4.99 Å². The van der Waals surface area contributed by atoms with E-state index in [1.807, 2.05) is 67.6 Å². The number of aromatic hydroxyl groups is 1. The molecule has 1 aromatic heterocycles. The van der Waals surface area contributed by atoms with Crippen LogP contribution < -0.4 is 0 Å². The second kappa shape index (κ2) is 7.30. The maximum Gasteiger partial charge on any atom is 0.231 e. The number of benzene rings is 3. The molecule has 4 heteroatoms. The summed E-state index contributed by atoms with van der Waals surface area (Å²) in [5.41, 5.74) is 4.90. The summed E-state index contributed by atoms with van der Waals surface area (Å²) in [4.78, 5) is 8.91. The summed E-state index contributed by atoms with van der Waals surface area (Å²) in [6.45, 7) is 2.00. The number of aliphatic imine (C=N–C) groups is 1. The van der Waals surface area contributed by atoms with Gasteiger partial charge in [0.25, 0.3) is 0 Å². The normalized spacial score (nSPS) is 11.7. The maximum absolute atomic E-state index is 10.2. The summed E-state index contributed by atoms with van der Waals surface area (Å²) in [5.74, 6) is 0.488. The molecule has 0 atom stereocenters. The van der Waals surface area contributed by atoms with E-state index in [9.17, 15) is 5.11 Å². The zero-order chi connectivity index (χ0) is 18.6. The summed E-state index contributed by atoms with van der Waals surface area (Å²) >= 11 is 0. The number of aryl methyl sites for hydroxylation is 1. The summed E-state index contributed by atoms with van der Waals surface area (Å²) in [5, 5.41) is 10.2. The Hall–Kier alpha value is -3.66. The Labute approximate surface area is 157 Å². The van der Waals surface area contributed by atoms with Crippen LogP contribution in [-0.2, 0) is 0 Å². The third-order valence-electron chi connectivity index (χ3n) is 4.15. The lowest BCUT2D eigenvalue weighted by molar-refractivity contribution is 0.474. The van der Waals surface area contributed by atoms with Gasteiger partial charge in [-0.2, -0.15) is 0 Å². The quantitative estimate of drug-likeness (QED) is 0.462. The van der Waals surface area contributed by atoms with Crippen LogP contribution in [0.25, 0.3) is 28.6 Å². The molecule has 3 aromatic carbocycles. The van der Waals surface area contributed by atoms with Gasteiger partial charge in [0.1, 0.15) is 11.3 Å². The van der Waals surface area contributed by atoms with Crippen molar-refractivity contribution in [2.45, 2.75) is 6.92 Å². The highest BCUT2D eigenvalue weighted by Gasteiger charge is 2.13. The van der Waals surface area contributed by atoms with Gasteiger partial charge in [0.15, 0.2) is 5.58 Å². The van der Waals surface area contributed by atoms with Crippen molar-refractivity contribution in [3.8, 4) is 17.2 Å². The van der Waals surface area contributed by atoms with Crippen LogP contribution in [0, 0.1) is 6.92 Å². The predicted octanol–water partition coefficient (Wildman–Crippen LogP) is 5.92. The molecule has 0 saturated carbocycles. The number of rotatable bonds is 4. The molecule has 0 fully saturated rings. The number of phenolic OH excluding ortho intramolecular Hbond substituents is 1. The van der Waals surface area contributed by atoms with Gasteiger partial charge in [-0.05, 0) is 54.5 Å². The molecule has 0 aliphatic heterocycles. The van der Waals surface area contributed by atoms with E-state index < -0.39 is 0 Å². The molecule has 4 rings (SSSR count). The number of nitrogens with zero attached hydrogens (tertiary/aromatic N) is 2. The highest BCUT2D eigenvalue weighted by Crippen LogP contribution is 2.34. The predicted molar refractivity (Wildman–Crippen MR) is 109 cm³/mol. The standard InChI is InChI=1S/C23H18N2O2/c1-16-9-12-22-20(14-16)25-23(27-22)19-15-18(10-11-21(19)26)24-13-5-8-17-6-3-2-4-7-17/h2-15,26H,1H3/b8-5+,24-13?. The van der Waals surface area contributed by atoms with Gasteiger partial charge in [0.05, 0.1) is 11.3 Å². The Morgan fingerprint density at radius 3 is 2.70 bits per heavy atom. The summed E-state index contributed by atoms with van der Waals surface area (Å²) < 4.78 is 5.79. The van der Waals surface area contributed by atoms with Gasteiger partial charge >= 0.3 is 0 Å². The average Bonchev–Trinajstić information content (AvgIpc) is 3.10. The first-order valence-corrected chi connectivity index (χ1v) is 8.65. The summed E-state index contributed by atoms with van der Waals surface area (Å²) in [6.07, 6.45) is 5.58. The van der Waals surface area contributed by atoms with Crippen LogP contribution in [0.4, 0.5) is 5.69 Å². The molecule has 0 amide bonds. The summed E-state index contributed by atoms with van der Waals surface area (Å²) in [7, 11) is 0. The van der Waals surface area contributed by atoms with Gasteiger partial charge in [-0.1, -0.05) is 42.5 Å². The zero-order valence-corrected chi connectivity index (χ0v) is 14.8. The smallest absolute Gasteiger partial charge is 0.231 e. The highest BCUT2D eigenvalue weighted by atomic mass is 16.3. The van der Waals surface area contributed by atoms with Crippen molar-refractivity contribution < 1.29 is 9.52 Å². The van der Waals surface area contributed by atoms with Crippen LogP contribution in [0.15, 0.2) is 82.2 Å². The molecule has 0 bridgehead atoms. The molecule has 0 aliphatic rings. The third-order valence-corrected chi connectivity index (χ3v) is 4.15. The molecule has 1 N–H and O–H groups in total. The van der Waals surface area contributed by atoms with Crippen LogP contribution in [0.2, 0.25) is 0 Å². The molecular formula is C23H18N2O2. The molecule has 0 radical (unpaired) electrons. The number of aromatic nitrogens is 1. The Morgan fingerprint density at radius 2 is 1.85 bits per heavy atom. The number of oxazole rings is 1. The molecule has 0 aliphatic carbocycles. The van der Waals surface area contributed by atoms with E-state index in [0.29, 0.717) is 22.7 Å². The van der Waals surface area contributed by atoms with Crippen LogP contribution >= 0.6 is 0 Å². The van der Waals surface area contributed by atoms with Crippen molar-refractivity contribution in [3.05, 3.63) is 83.9 Å². The van der Waals surface area contributed by atoms with Crippen molar-refractivity contribution in [3.63, 3.8) is 0 Å². The van der Waals surface area contributed by atoms with Gasteiger partial charge in [-0.25, -0.2) is 4.98 Å². The lowest BCUT2D eigenvalue weighted by Gasteiger charge is -2.01. The second-order valence-corrected chi connectivity index (χ2v) is 6.24. The molecule has 0 saturated heterocycles. The summed E-state index contributed by atoms with van der Waals surface area (Å²) in [6, 6.07) is 20.9. The molecule has 132 valence electrons. The molecule has 27 heavy (non-hydrogen) atoms. The first kappa shape index (κ1) is 16.8. The number of fused-ring (bicyclic) bond motifs is 1. The van der Waals surface area contributed by atoms with Crippen molar-refractivity contribution in [1.29, 1.82) is 0 Å². The van der Waals surface area contributed by atoms with Crippen molar-refractivity contribution >= 4 is 29.1 Å². The minimum Gasteiger partial charge on any atom is -0.507 e. The largest absolute Gasteiger partial charge is 0.507 e. The number of allylic oxidation sites excluding steroid dienone is 1. The van der Waals surface area contributed by atoms with Crippen LogP contribution in [0.5, 0.6) is 5.75 Å². The van der Waals surface area contributed by atoms with Crippen LogP contribution in [-0.4, -0.2) is 16.3 Å². The topological polar surface area (TPSA) is 58.6 Å². The average molecular weight is 354 g/mol. The lowest BCUT2D eigenvalue weighted by atomic mass is 10.2. The number of hydrogen-bond acceptors (Lipinski definition) is 4. The molecule has 4 aromatic rings. The van der Waals surface area contributed by atoms with E-state index in [-0.39, 0.29) is 5.75 Å². The monoisotopic (exact) mass is 354 g/mol. The van der Waals surface area contributed by atoms with Crippen molar-refractivity contribution in [2.75, 3.05) is 0 Å². The number of phenols is 1. The van der Waals surface area contributed by atoms with Gasteiger partial charge in [0, 0.05) is 6.21 Å². The zero-order valence-electron chi connectivity index (χ0n) is 14.8. The second-order valence-electron chi connectivity index (χ2n) is 6.24. The Bertz CT molecular complexity index is 1140. The van der Waals surface area contributed by atoms with E-state index >= 15 is 0 Å². The minimum absolute atomic E-state index is 0.108. The van der Waals surface area contributed by atoms with E-state index in [0.717, 1.165) is 16.6 Å². The van der Waals surface area contributed by atoms with E-state index in [2.05, 4.69) is 9.98 Å². The molecule has 1 heterocycles. The van der Waals surface area contributed by atoms with Crippen LogP contribution in [0.1, 0.15) is 11.1 Å². The number of hydrogen-bond donors (Lipinski definition) is 1. The molecular weight excluding hydrogens is 336 g/mol. The Balaban J connectivity index is 1.61. The van der Waals surface area contributed by atoms with Gasteiger partial charge in [-0.15, -0.1) is 0 Å². The maximum atomic E-state index is 10.2. The fourth-order valence-electron chi connectivity index (χ4n) is 2.78. The van der Waals surface area contributed by atoms with Gasteiger partial charge < -0.3 is 9.52 Å². The molecule has 0 spiro atoms. The SMILES string of the molecule is Cc1ccc2oc(-c3cc(N=C/C=C/c4ccccc4)ccc3O)nc2c1. The Morgan fingerprint density at radius 1 is 1.00 bits per heavy atom. The van der Waals surface area contributed by atoms with E-state index in [1.165, 1.54) is 0 Å². The van der Waals surface area contributed by atoms with E-state index in [4.69, 9.17) is 4.42 Å². The van der Waals surface area contributed by atoms with Gasteiger partial charge in [0.2, 0.25) is 5.89 Å². The Kier molecular flexibility index (Phi) is 4.54. The molecule has 0 unspecified atom stereocenters. The fourth-order valence-corrected chi connectivity index (χ4v) is 2.78. The highest BCUT2D eigenvalue weighted by molar-refractivity contribution is 5.82. The first-order chi connectivity index (χ1) is 13.2. The fraction of sp³-hybridized carbons (Fsp3) is 0.0435. The first-order valence-electron chi connectivity index (χ1n) is 8.65. The van der Waals surface area contributed by atoms with Crippen LogP contribution in [0.3, 0.4) is 0 Å². The molecule has 4 nitrogen and oxygen atoms in total.